The lowest BCUT2D eigenvalue weighted by atomic mass is 10.1. The van der Waals surface area contributed by atoms with Crippen molar-refractivity contribution in [3.63, 3.8) is 0 Å². The summed E-state index contributed by atoms with van der Waals surface area (Å²) in [4.78, 5) is 11.6. The van der Waals surface area contributed by atoms with E-state index in [0.29, 0.717) is 0 Å². The second-order valence-electron chi connectivity index (χ2n) is 4.83. The Labute approximate surface area is 144 Å². The normalized spacial score (nSPS) is 12.1. The minimum atomic E-state index is -4.91. The van der Waals surface area contributed by atoms with Gasteiger partial charge >= 0.3 is 6.18 Å². The molecule has 0 unspecified atom stereocenters. The summed E-state index contributed by atoms with van der Waals surface area (Å²) in [6.07, 6.45) is -4.91. The molecular weight excluding hydrogens is 388 g/mol. The van der Waals surface area contributed by atoms with Gasteiger partial charge in [-0.15, -0.1) is 0 Å². The van der Waals surface area contributed by atoms with Gasteiger partial charge < -0.3 is 5.32 Å². The maximum Gasteiger partial charge on any atom is 0.418 e. The number of primary sulfonamides is 1. The van der Waals surface area contributed by atoms with E-state index >= 15 is 0 Å². The smallest absolute Gasteiger partial charge is 0.321 e. The first-order valence-electron chi connectivity index (χ1n) is 6.40. The molecule has 0 aromatic heterocycles. The largest absolute Gasteiger partial charge is 0.418 e. The second kappa shape index (κ2) is 6.62. The number of nitrogens with two attached hydrogens (primary N) is 1. The molecule has 0 fully saturated rings. The van der Waals surface area contributed by atoms with Crippen LogP contribution in [0.3, 0.4) is 0 Å². The standard InChI is InChI=1S/C14H9ClF4N2O3S/c15-10-3-1-7(5-12(10)25(20,23)24)13(22)21-11-4-2-8(16)6-9(11)14(17,18)19/h1-6H,(H,21,22)(H2,20,23,24). The summed E-state index contributed by atoms with van der Waals surface area (Å²) in [5.74, 6) is -2.19. The van der Waals surface area contributed by atoms with E-state index in [1.165, 1.54) is 0 Å². The first-order valence-corrected chi connectivity index (χ1v) is 8.32. The van der Waals surface area contributed by atoms with Crippen molar-refractivity contribution in [2.45, 2.75) is 11.1 Å². The summed E-state index contributed by atoms with van der Waals surface area (Å²) < 4.78 is 74.6. The highest BCUT2D eigenvalue weighted by Crippen LogP contribution is 2.35. The summed E-state index contributed by atoms with van der Waals surface area (Å²) in [6.45, 7) is 0. The van der Waals surface area contributed by atoms with Crippen molar-refractivity contribution in [2.24, 2.45) is 5.14 Å². The van der Waals surface area contributed by atoms with E-state index in [2.05, 4.69) is 0 Å². The molecule has 2 aromatic carbocycles. The molecule has 3 N–H and O–H groups in total. The van der Waals surface area contributed by atoms with Crippen LogP contribution in [0.5, 0.6) is 0 Å². The molecule has 0 aliphatic rings. The Kier molecular flexibility index (Phi) is 5.07. The van der Waals surface area contributed by atoms with Crippen molar-refractivity contribution in [3.05, 3.63) is 58.4 Å². The number of nitrogens with one attached hydrogen (secondary N) is 1. The molecule has 1 amide bonds. The van der Waals surface area contributed by atoms with Crippen molar-refractivity contribution >= 4 is 33.2 Å². The van der Waals surface area contributed by atoms with E-state index in [9.17, 15) is 30.8 Å². The number of alkyl halides is 3. The summed E-state index contributed by atoms with van der Waals surface area (Å²) in [5, 5.41) is 6.64. The Morgan fingerprint density at radius 1 is 1.12 bits per heavy atom. The molecule has 0 radical (unpaired) electrons. The first-order chi connectivity index (χ1) is 11.4. The molecule has 0 aliphatic heterocycles. The topological polar surface area (TPSA) is 89.3 Å². The highest BCUT2D eigenvalue weighted by molar-refractivity contribution is 7.89. The lowest BCUT2D eigenvalue weighted by Gasteiger charge is -2.14. The zero-order chi connectivity index (χ0) is 19.0. The maximum atomic E-state index is 13.1. The predicted octanol–water partition coefficient (Wildman–Crippen LogP) is 3.40. The van der Waals surface area contributed by atoms with Crippen LogP contribution in [0.25, 0.3) is 0 Å². The van der Waals surface area contributed by atoms with Gasteiger partial charge in [0.2, 0.25) is 10.0 Å². The third kappa shape index (κ3) is 4.47. The quantitative estimate of drug-likeness (QED) is 0.779. The fourth-order valence-electron chi connectivity index (χ4n) is 1.92. The monoisotopic (exact) mass is 396 g/mol. The van der Waals surface area contributed by atoms with E-state index in [4.69, 9.17) is 16.7 Å². The molecule has 5 nitrogen and oxygen atoms in total. The zero-order valence-corrected chi connectivity index (χ0v) is 13.6. The van der Waals surface area contributed by atoms with Crippen molar-refractivity contribution in [2.75, 3.05) is 5.32 Å². The van der Waals surface area contributed by atoms with Crippen LogP contribution in [-0.4, -0.2) is 14.3 Å². The minimum absolute atomic E-state index is 0.229. The average Bonchev–Trinajstić information content (AvgIpc) is 2.47. The Balaban J connectivity index is 2.42. The summed E-state index contributed by atoms with van der Waals surface area (Å²) in [6, 6.07) is 4.70. The molecule has 25 heavy (non-hydrogen) atoms. The van der Waals surface area contributed by atoms with Crippen molar-refractivity contribution in [3.8, 4) is 0 Å². The maximum absolute atomic E-state index is 13.1. The van der Waals surface area contributed by atoms with Crippen LogP contribution < -0.4 is 10.5 Å². The van der Waals surface area contributed by atoms with Crippen LogP contribution in [0.1, 0.15) is 15.9 Å². The van der Waals surface area contributed by atoms with E-state index in [1.807, 2.05) is 5.32 Å². The average molecular weight is 397 g/mol. The van der Waals surface area contributed by atoms with Crippen molar-refractivity contribution in [1.82, 2.24) is 0 Å². The van der Waals surface area contributed by atoms with E-state index in [-0.39, 0.29) is 16.7 Å². The van der Waals surface area contributed by atoms with E-state index in [0.717, 1.165) is 30.3 Å². The number of amides is 1. The number of sulfonamides is 1. The van der Waals surface area contributed by atoms with Gasteiger partial charge in [0.1, 0.15) is 10.7 Å². The molecule has 134 valence electrons. The molecule has 2 aromatic rings. The van der Waals surface area contributed by atoms with Crippen LogP contribution >= 0.6 is 11.6 Å². The molecule has 0 saturated carbocycles. The van der Waals surface area contributed by atoms with Crippen LogP contribution in [-0.2, 0) is 16.2 Å². The summed E-state index contributed by atoms with van der Waals surface area (Å²) >= 11 is 5.67. The van der Waals surface area contributed by atoms with Gasteiger partial charge in [-0.25, -0.2) is 17.9 Å². The van der Waals surface area contributed by atoms with Gasteiger partial charge in [0.05, 0.1) is 16.3 Å². The van der Waals surface area contributed by atoms with E-state index in [1.54, 1.807) is 0 Å². The summed E-state index contributed by atoms with van der Waals surface area (Å²) in [7, 11) is -4.24. The molecule has 0 saturated heterocycles. The molecule has 0 spiro atoms. The Morgan fingerprint density at radius 2 is 1.76 bits per heavy atom. The number of hydrogen-bond donors (Lipinski definition) is 2. The molecule has 0 atom stereocenters. The Hall–Kier alpha value is -2.17. The Bertz CT molecular complexity index is 946. The number of anilines is 1. The number of carbonyl (C=O) groups is 1. The highest BCUT2D eigenvalue weighted by atomic mass is 35.5. The molecule has 0 aliphatic carbocycles. The molecule has 0 bridgehead atoms. The van der Waals surface area contributed by atoms with Gasteiger partial charge in [0.25, 0.3) is 5.91 Å². The van der Waals surface area contributed by atoms with Crippen LogP contribution in [0.15, 0.2) is 41.3 Å². The minimum Gasteiger partial charge on any atom is -0.321 e. The van der Waals surface area contributed by atoms with E-state index < -0.39 is 44.1 Å². The predicted molar refractivity (Wildman–Crippen MR) is 82.2 cm³/mol. The SMILES string of the molecule is NS(=O)(=O)c1cc(C(=O)Nc2ccc(F)cc2C(F)(F)F)ccc1Cl. The van der Waals surface area contributed by atoms with Gasteiger partial charge in [0, 0.05) is 5.56 Å². The third-order valence-electron chi connectivity index (χ3n) is 3.04. The molecule has 0 heterocycles. The van der Waals surface area contributed by atoms with Crippen LogP contribution in [0.4, 0.5) is 23.2 Å². The van der Waals surface area contributed by atoms with Gasteiger partial charge in [-0.1, -0.05) is 11.6 Å². The van der Waals surface area contributed by atoms with Crippen molar-refractivity contribution < 1.29 is 30.8 Å². The van der Waals surface area contributed by atoms with Crippen LogP contribution in [0.2, 0.25) is 5.02 Å². The lowest BCUT2D eigenvalue weighted by molar-refractivity contribution is -0.137. The van der Waals surface area contributed by atoms with Crippen LogP contribution in [0, 0.1) is 5.82 Å². The van der Waals surface area contributed by atoms with Gasteiger partial charge in [0.15, 0.2) is 0 Å². The van der Waals surface area contributed by atoms with Gasteiger partial charge in [-0.2, -0.15) is 13.2 Å². The molecule has 2 rings (SSSR count). The number of benzene rings is 2. The molecule has 11 heteroatoms. The number of rotatable bonds is 3. The third-order valence-corrected chi connectivity index (χ3v) is 4.43. The molecular formula is C14H9ClF4N2O3S. The van der Waals surface area contributed by atoms with Gasteiger partial charge in [-0.3, -0.25) is 4.79 Å². The number of carbonyl (C=O) groups excluding carboxylic acids is 1. The second-order valence-corrected chi connectivity index (χ2v) is 6.77. The highest BCUT2D eigenvalue weighted by Gasteiger charge is 2.34. The lowest BCUT2D eigenvalue weighted by Crippen LogP contribution is -2.18. The number of halogens is 5. The Morgan fingerprint density at radius 3 is 2.32 bits per heavy atom. The first kappa shape index (κ1) is 19.2. The zero-order valence-electron chi connectivity index (χ0n) is 12.1. The van der Waals surface area contributed by atoms with Gasteiger partial charge in [-0.05, 0) is 36.4 Å². The summed E-state index contributed by atoms with van der Waals surface area (Å²) in [5.41, 5.74) is -2.38. The van der Waals surface area contributed by atoms with Crippen molar-refractivity contribution in [1.29, 1.82) is 0 Å². The number of hydrogen-bond acceptors (Lipinski definition) is 3. The fraction of sp³-hybridized carbons (Fsp3) is 0.0714. The fourth-order valence-corrected chi connectivity index (χ4v) is 2.99.